The highest BCUT2D eigenvalue weighted by molar-refractivity contribution is 5.46. The third kappa shape index (κ3) is 5.73. The molecule has 0 amide bonds. The van der Waals surface area contributed by atoms with Crippen LogP contribution in [0.2, 0.25) is 0 Å². The molecule has 0 aliphatic heterocycles. The van der Waals surface area contributed by atoms with Crippen molar-refractivity contribution in [3.8, 4) is 6.07 Å². The standard InChI is InChI=1S/C15H23N3O/c1-13(12-19)10-17-11-14-4-6-15(7-5-14)18(2)9-3-8-16/h4-7,13,17,19H,3,9-12H2,1-2H3. The second kappa shape index (κ2) is 8.52. The SMILES string of the molecule is CC(CO)CNCc1ccc(N(C)CCC#N)cc1. The Balaban J connectivity index is 2.41. The highest BCUT2D eigenvalue weighted by Crippen LogP contribution is 2.14. The van der Waals surface area contributed by atoms with E-state index in [1.54, 1.807) is 0 Å². The van der Waals surface area contributed by atoms with Crippen LogP contribution in [0.3, 0.4) is 0 Å². The summed E-state index contributed by atoms with van der Waals surface area (Å²) >= 11 is 0. The molecule has 0 aliphatic rings. The summed E-state index contributed by atoms with van der Waals surface area (Å²) in [5.74, 6) is 0.288. The fourth-order valence-electron chi connectivity index (χ4n) is 1.74. The summed E-state index contributed by atoms with van der Waals surface area (Å²) in [6, 6.07) is 10.5. The minimum Gasteiger partial charge on any atom is -0.396 e. The molecule has 1 aromatic carbocycles. The van der Waals surface area contributed by atoms with Gasteiger partial charge in [-0.25, -0.2) is 0 Å². The molecule has 0 aliphatic carbocycles. The van der Waals surface area contributed by atoms with E-state index in [-0.39, 0.29) is 12.5 Å². The smallest absolute Gasteiger partial charge is 0.0640 e. The predicted octanol–water partition coefficient (Wildman–Crippen LogP) is 1.75. The van der Waals surface area contributed by atoms with Gasteiger partial charge in [0.1, 0.15) is 0 Å². The number of nitrogens with one attached hydrogen (secondary N) is 1. The molecule has 19 heavy (non-hydrogen) atoms. The van der Waals surface area contributed by atoms with Gasteiger partial charge in [-0.2, -0.15) is 5.26 Å². The lowest BCUT2D eigenvalue weighted by atomic mass is 10.1. The molecule has 0 heterocycles. The predicted molar refractivity (Wildman–Crippen MR) is 77.9 cm³/mol. The fraction of sp³-hybridized carbons (Fsp3) is 0.533. The number of benzene rings is 1. The Bertz CT molecular complexity index is 397. The van der Waals surface area contributed by atoms with Gasteiger partial charge in [0.2, 0.25) is 0 Å². The molecule has 1 rings (SSSR count). The third-order valence-electron chi connectivity index (χ3n) is 3.07. The first-order chi connectivity index (χ1) is 9.17. The highest BCUT2D eigenvalue weighted by Gasteiger charge is 2.02. The quantitative estimate of drug-likeness (QED) is 0.748. The summed E-state index contributed by atoms with van der Waals surface area (Å²) in [4.78, 5) is 2.08. The molecule has 0 radical (unpaired) electrons. The number of rotatable bonds is 8. The van der Waals surface area contributed by atoms with Crippen LogP contribution in [0, 0.1) is 17.2 Å². The summed E-state index contributed by atoms with van der Waals surface area (Å²) in [5.41, 5.74) is 2.35. The van der Waals surface area contributed by atoms with Crippen LogP contribution in [0.1, 0.15) is 18.9 Å². The molecule has 2 N–H and O–H groups in total. The van der Waals surface area contributed by atoms with E-state index in [9.17, 15) is 0 Å². The number of anilines is 1. The largest absolute Gasteiger partial charge is 0.396 e. The Labute approximate surface area is 115 Å². The normalized spacial score (nSPS) is 11.9. The van der Waals surface area contributed by atoms with Gasteiger partial charge in [0.15, 0.2) is 0 Å². The molecule has 1 atom stereocenters. The number of aliphatic hydroxyl groups excluding tert-OH is 1. The van der Waals surface area contributed by atoms with Gasteiger partial charge in [0.05, 0.1) is 12.5 Å². The van der Waals surface area contributed by atoms with Crippen molar-refractivity contribution in [3.63, 3.8) is 0 Å². The van der Waals surface area contributed by atoms with Gasteiger partial charge in [0.25, 0.3) is 0 Å². The number of hydrogen-bond acceptors (Lipinski definition) is 4. The van der Waals surface area contributed by atoms with Crippen LogP contribution in [0.15, 0.2) is 24.3 Å². The second-order valence-electron chi connectivity index (χ2n) is 4.91. The molecule has 0 bridgehead atoms. The van der Waals surface area contributed by atoms with E-state index in [4.69, 9.17) is 10.4 Å². The zero-order chi connectivity index (χ0) is 14.1. The first kappa shape index (κ1) is 15.5. The summed E-state index contributed by atoms with van der Waals surface area (Å²) in [5, 5.41) is 20.8. The lowest BCUT2D eigenvalue weighted by molar-refractivity contribution is 0.233. The minimum atomic E-state index is 0.218. The fourth-order valence-corrected chi connectivity index (χ4v) is 1.74. The monoisotopic (exact) mass is 261 g/mol. The molecular weight excluding hydrogens is 238 g/mol. The van der Waals surface area contributed by atoms with Crippen LogP contribution in [0.5, 0.6) is 0 Å². The molecule has 0 aromatic heterocycles. The zero-order valence-electron chi connectivity index (χ0n) is 11.8. The van der Waals surface area contributed by atoms with E-state index in [0.29, 0.717) is 6.42 Å². The zero-order valence-corrected chi connectivity index (χ0v) is 11.8. The maximum absolute atomic E-state index is 8.93. The Morgan fingerprint density at radius 1 is 1.37 bits per heavy atom. The van der Waals surface area contributed by atoms with Crippen molar-refractivity contribution in [2.45, 2.75) is 19.9 Å². The summed E-state index contributed by atoms with van der Waals surface area (Å²) < 4.78 is 0. The van der Waals surface area contributed by atoms with Crippen LogP contribution in [0.25, 0.3) is 0 Å². The Morgan fingerprint density at radius 3 is 2.63 bits per heavy atom. The van der Waals surface area contributed by atoms with Gasteiger partial charge in [-0.1, -0.05) is 19.1 Å². The van der Waals surface area contributed by atoms with Crippen molar-refractivity contribution in [2.24, 2.45) is 5.92 Å². The first-order valence-electron chi connectivity index (χ1n) is 6.66. The topological polar surface area (TPSA) is 59.3 Å². The average molecular weight is 261 g/mol. The Hall–Kier alpha value is -1.57. The van der Waals surface area contributed by atoms with Crippen molar-refractivity contribution in [3.05, 3.63) is 29.8 Å². The van der Waals surface area contributed by atoms with Gasteiger partial charge in [-0.05, 0) is 23.6 Å². The number of aliphatic hydroxyl groups is 1. The summed E-state index contributed by atoms with van der Waals surface area (Å²) in [6.07, 6.45) is 0.541. The summed E-state index contributed by atoms with van der Waals surface area (Å²) in [6.45, 7) is 4.62. The second-order valence-corrected chi connectivity index (χ2v) is 4.91. The molecule has 0 spiro atoms. The highest BCUT2D eigenvalue weighted by atomic mass is 16.3. The molecule has 0 fully saturated rings. The lowest BCUT2D eigenvalue weighted by Gasteiger charge is -2.18. The molecule has 1 unspecified atom stereocenters. The molecule has 4 heteroatoms. The van der Waals surface area contributed by atoms with E-state index in [0.717, 1.165) is 25.3 Å². The van der Waals surface area contributed by atoms with Crippen LogP contribution in [-0.4, -0.2) is 31.9 Å². The first-order valence-corrected chi connectivity index (χ1v) is 6.66. The average Bonchev–Trinajstić information content (AvgIpc) is 2.45. The minimum absolute atomic E-state index is 0.218. The Morgan fingerprint density at radius 2 is 2.05 bits per heavy atom. The van der Waals surface area contributed by atoms with Crippen molar-refractivity contribution >= 4 is 5.69 Å². The molecular formula is C15H23N3O. The van der Waals surface area contributed by atoms with Crippen molar-refractivity contribution in [2.75, 3.05) is 31.6 Å². The molecule has 1 aromatic rings. The van der Waals surface area contributed by atoms with E-state index < -0.39 is 0 Å². The molecule has 0 saturated heterocycles. The van der Waals surface area contributed by atoms with Crippen LogP contribution in [-0.2, 0) is 6.54 Å². The maximum Gasteiger partial charge on any atom is 0.0640 e. The maximum atomic E-state index is 8.93. The van der Waals surface area contributed by atoms with Gasteiger partial charge >= 0.3 is 0 Å². The number of hydrogen-bond donors (Lipinski definition) is 2. The van der Waals surface area contributed by atoms with E-state index in [2.05, 4.69) is 40.6 Å². The number of nitriles is 1. The lowest BCUT2D eigenvalue weighted by Crippen LogP contribution is -2.22. The van der Waals surface area contributed by atoms with Crippen molar-refractivity contribution < 1.29 is 5.11 Å². The van der Waals surface area contributed by atoms with E-state index in [1.165, 1.54) is 5.56 Å². The van der Waals surface area contributed by atoms with Crippen LogP contribution >= 0.6 is 0 Å². The Kier molecular flexibility index (Phi) is 6.94. The summed E-state index contributed by atoms with van der Waals surface area (Å²) in [7, 11) is 1.99. The molecule has 4 nitrogen and oxygen atoms in total. The van der Waals surface area contributed by atoms with Crippen molar-refractivity contribution in [1.29, 1.82) is 5.26 Å². The molecule has 104 valence electrons. The van der Waals surface area contributed by atoms with Crippen LogP contribution in [0.4, 0.5) is 5.69 Å². The van der Waals surface area contributed by atoms with Gasteiger partial charge in [-0.15, -0.1) is 0 Å². The van der Waals surface area contributed by atoms with Gasteiger partial charge in [0, 0.05) is 39.0 Å². The van der Waals surface area contributed by atoms with E-state index in [1.807, 2.05) is 14.0 Å². The van der Waals surface area contributed by atoms with Crippen molar-refractivity contribution in [1.82, 2.24) is 5.32 Å². The van der Waals surface area contributed by atoms with Gasteiger partial charge < -0.3 is 15.3 Å². The van der Waals surface area contributed by atoms with E-state index >= 15 is 0 Å². The van der Waals surface area contributed by atoms with Crippen LogP contribution < -0.4 is 10.2 Å². The molecule has 0 saturated carbocycles. The number of nitrogens with zero attached hydrogens (tertiary/aromatic N) is 2. The van der Waals surface area contributed by atoms with Gasteiger partial charge in [-0.3, -0.25) is 0 Å². The third-order valence-corrected chi connectivity index (χ3v) is 3.07.